The van der Waals surface area contributed by atoms with Crippen LogP contribution in [0, 0.1) is 17.8 Å². The van der Waals surface area contributed by atoms with Gasteiger partial charge >= 0.3 is 0 Å². The quantitative estimate of drug-likeness (QED) is 0.818. The molecule has 2 aliphatic rings. The summed E-state index contributed by atoms with van der Waals surface area (Å²) < 4.78 is 0. The van der Waals surface area contributed by atoms with Gasteiger partial charge < -0.3 is 5.32 Å². The van der Waals surface area contributed by atoms with Crippen LogP contribution in [0.1, 0.15) is 24.8 Å². The van der Waals surface area contributed by atoms with Gasteiger partial charge in [-0.25, -0.2) is 0 Å². The lowest BCUT2D eigenvalue weighted by molar-refractivity contribution is -0.118. The fourth-order valence-electron chi connectivity index (χ4n) is 3.17. The van der Waals surface area contributed by atoms with E-state index in [0.717, 1.165) is 11.3 Å². The van der Waals surface area contributed by atoms with Crippen LogP contribution in [0.15, 0.2) is 24.3 Å². The van der Waals surface area contributed by atoms with Crippen molar-refractivity contribution in [3.8, 4) is 0 Å². The Kier molecular flexibility index (Phi) is 2.83. The second kappa shape index (κ2) is 4.34. The number of carbonyl (C=O) groups excluding carboxylic acids is 1. The minimum absolute atomic E-state index is 0.200. The topological polar surface area (TPSA) is 29.1 Å². The Bertz CT molecular complexity index is 436. The zero-order valence-electron chi connectivity index (χ0n) is 9.66. The van der Waals surface area contributed by atoms with E-state index >= 15 is 0 Å². The fraction of sp³-hybridized carbons (Fsp3) is 0.500. The number of benzene rings is 1. The van der Waals surface area contributed by atoms with E-state index in [1.807, 2.05) is 24.3 Å². The Morgan fingerprint density at radius 2 is 2.12 bits per heavy atom. The molecule has 2 saturated carbocycles. The molecule has 0 aliphatic heterocycles. The molecule has 1 aromatic rings. The maximum Gasteiger partial charge on any atom is 0.228 e. The lowest BCUT2D eigenvalue weighted by atomic mass is 10.1. The molecule has 1 N–H and O–H groups in total. The number of hydrogen-bond acceptors (Lipinski definition) is 1. The second-order valence-corrected chi connectivity index (χ2v) is 5.37. The first-order valence-corrected chi connectivity index (χ1v) is 6.79. The summed E-state index contributed by atoms with van der Waals surface area (Å²) in [5.41, 5.74) is 1.92. The number of carbonyl (C=O) groups is 1. The highest BCUT2D eigenvalue weighted by Crippen LogP contribution is 2.57. The van der Waals surface area contributed by atoms with Crippen molar-refractivity contribution in [2.45, 2.75) is 25.1 Å². The summed E-state index contributed by atoms with van der Waals surface area (Å²) in [6.07, 6.45) is 3.79. The van der Waals surface area contributed by atoms with Crippen LogP contribution >= 0.6 is 11.6 Å². The molecule has 90 valence electrons. The standard InChI is InChI=1S/C14H16ClNO/c15-8-9-3-1-4-10(7-9)16-14(17)13-11-5-2-6-12(11)13/h1,3-4,7,11-13H,2,5-6,8H2,(H,16,17). The molecule has 0 aromatic heterocycles. The third kappa shape index (κ3) is 2.06. The van der Waals surface area contributed by atoms with Crippen molar-refractivity contribution in [2.24, 2.45) is 17.8 Å². The highest BCUT2D eigenvalue weighted by Gasteiger charge is 2.56. The molecule has 2 nitrogen and oxygen atoms in total. The molecule has 1 amide bonds. The van der Waals surface area contributed by atoms with Crippen molar-refractivity contribution in [3.05, 3.63) is 29.8 Å². The van der Waals surface area contributed by atoms with E-state index in [1.165, 1.54) is 19.3 Å². The Morgan fingerprint density at radius 1 is 1.35 bits per heavy atom. The largest absolute Gasteiger partial charge is 0.326 e. The van der Waals surface area contributed by atoms with Crippen LogP contribution < -0.4 is 5.32 Å². The Balaban J connectivity index is 1.64. The lowest BCUT2D eigenvalue weighted by Crippen LogP contribution is -2.16. The number of fused-ring (bicyclic) bond motifs is 1. The Labute approximate surface area is 106 Å². The van der Waals surface area contributed by atoms with Gasteiger partial charge in [0.1, 0.15) is 0 Å². The average Bonchev–Trinajstić information content (AvgIpc) is 2.84. The van der Waals surface area contributed by atoms with Crippen molar-refractivity contribution in [2.75, 3.05) is 5.32 Å². The molecule has 2 aliphatic carbocycles. The number of nitrogens with one attached hydrogen (secondary N) is 1. The van der Waals surface area contributed by atoms with E-state index in [-0.39, 0.29) is 11.8 Å². The van der Waals surface area contributed by atoms with Crippen LogP contribution in [0.5, 0.6) is 0 Å². The van der Waals surface area contributed by atoms with Gasteiger partial charge in [-0.05, 0) is 42.4 Å². The minimum atomic E-state index is 0.200. The van der Waals surface area contributed by atoms with Gasteiger partial charge in [-0.3, -0.25) is 4.79 Å². The number of rotatable bonds is 3. The third-order valence-corrected chi connectivity index (χ3v) is 4.37. The summed E-state index contributed by atoms with van der Waals surface area (Å²) in [6.45, 7) is 0. The molecule has 2 atom stereocenters. The van der Waals surface area contributed by atoms with Crippen LogP contribution in [0.25, 0.3) is 0 Å². The van der Waals surface area contributed by atoms with E-state index in [2.05, 4.69) is 5.32 Å². The molecule has 2 fully saturated rings. The normalized spacial score (nSPS) is 29.8. The van der Waals surface area contributed by atoms with Gasteiger partial charge in [0.25, 0.3) is 0 Å². The molecule has 3 rings (SSSR count). The molecule has 0 saturated heterocycles. The van der Waals surface area contributed by atoms with Crippen molar-refractivity contribution >= 4 is 23.2 Å². The molecule has 0 spiro atoms. The van der Waals surface area contributed by atoms with Gasteiger partial charge in [0.05, 0.1) is 0 Å². The zero-order chi connectivity index (χ0) is 11.8. The molecule has 1 aromatic carbocycles. The summed E-state index contributed by atoms with van der Waals surface area (Å²) in [7, 11) is 0. The van der Waals surface area contributed by atoms with Crippen molar-refractivity contribution in [3.63, 3.8) is 0 Å². The highest BCUT2D eigenvalue weighted by atomic mass is 35.5. The molecule has 2 unspecified atom stereocenters. The van der Waals surface area contributed by atoms with Crippen LogP contribution in [0.3, 0.4) is 0 Å². The first-order valence-electron chi connectivity index (χ1n) is 6.25. The van der Waals surface area contributed by atoms with Gasteiger partial charge in [-0.15, -0.1) is 11.6 Å². The molecule has 17 heavy (non-hydrogen) atoms. The molecule has 0 bridgehead atoms. The van der Waals surface area contributed by atoms with Gasteiger partial charge in [-0.2, -0.15) is 0 Å². The van der Waals surface area contributed by atoms with Gasteiger partial charge in [0.2, 0.25) is 5.91 Å². The highest BCUT2D eigenvalue weighted by molar-refractivity contribution is 6.17. The summed E-state index contributed by atoms with van der Waals surface area (Å²) in [4.78, 5) is 12.0. The number of hydrogen-bond donors (Lipinski definition) is 1. The summed E-state index contributed by atoms with van der Waals surface area (Å²) >= 11 is 5.78. The van der Waals surface area contributed by atoms with E-state index in [9.17, 15) is 4.79 Å². The SMILES string of the molecule is O=C(Nc1cccc(CCl)c1)C1C2CCCC21. The average molecular weight is 250 g/mol. The zero-order valence-corrected chi connectivity index (χ0v) is 10.4. The third-order valence-electron chi connectivity index (χ3n) is 4.06. The molecule has 0 radical (unpaired) electrons. The summed E-state index contributed by atoms with van der Waals surface area (Å²) in [5, 5.41) is 3.01. The fourth-order valence-corrected chi connectivity index (χ4v) is 3.33. The molecular formula is C14H16ClNO. The molecule has 0 heterocycles. The smallest absolute Gasteiger partial charge is 0.228 e. The van der Waals surface area contributed by atoms with E-state index in [1.54, 1.807) is 0 Å². The number of anilines is 1. The maximum atomic E-state index is 12.0. The Hall–Kier alpha value is -1.02. The van der Waals surface area contributed by atoms with E-state index < -0.39 is 0 Å². The maximum absolute atomic E-state index is 12.0. The predicted octanol–water partition coefficient (Wildman–Crippen LogP) is 3.41. The van der Waals surface area contributed by atoms with Crippen LogP contribution in [0.4, 0.5) is 5.69 Å². The van der Waals surface area contributed by atoms with Crippen LogP contribution in [0.2, 0.25) is 0 Å². The summed E-state index contributed by atoms with van der Waals surface area (Å²) in [6, 6.07) is 7.77. The van der Waals surface area contributed by atoms with Crippen LogP contribution in [-0.2, 0) is 10.7 Å². The van der Waals surface area contributed by atoms with Crippen LogP contribution in [-0.4, -0.2) is 5.91 Å². The number of amides is 1. The predicted molar refractivity (Wildman–Crippen MR) is 68.9 cm³/mol. The number of halogens is 1. The van der Waals surface area contributed by atoms with Gasteiger partial charge in [-0.1, -0.05) is 18.6 Å². The van der Waals surface area contributed by atoms with E-state index in [4.69, 9.17) is 11.6 Å². The second-order valence-electron chi connectivity index (χ2n) is 5.11. The summed E-state index contributed by atoms with van der Waals surface area (Å²) in [5.74, 6) is 2.31. The first-order chi connectivity index (χ1) is 8.29. The van der Waals surface area contributed by atoms with Crippen molar-refractivity contribution in [1.29, 1.82) is 0 Å². The lowest BCUT2D eigenvalue weighted by Gasteiger charge is -2.07. The molecular weight excluding hydrogens is 234 g/mol. The minimum Gasteiger partial charge on any atom is -0.326 e. The van der Waals surface area contributed by atoms with E-state index in [0.29, 0.717) is 17.7 Å². The first kappa shape index (κ1) is 11.1. The molecule has 3 heteroatoms. The van der Waals surface area contributed by atoms with Gasteiger partial charge in [0, 0.05) is 17.5 Å². The Morgan fingerprint density at radius 3 is 2.82 bits per heavy atom. The van der Waals surface area contributed by atoms with Gasteiger partial charge in [0.15, 0.2) is 0 Å². The monoisotopic (exact) mass is 249 g/mol. The number of alkyl halides is 1. The van der Waals surface area contributed by atoms with Crippen molar-refractivity contribution in [1.82, 2.24) is 0 Å². The van der Waals surface area contributed by atoms with Crippen molar-refractivity contribution < 1.29 is 4.79 Å².